The van der Waals surface area contributed by atoms with Gasteiger partial charge in [0.05, 0.1) is 4.90 Å². The average molecular weight is 330 g/mol. The number of unbranched alkanes of at least 4 members (excludes halogenated alkanes) is 1. The highest BCUT2D eigenvalue weighted by Crippen LogP contribution is 2.21. The van der Waals surface area contributed by atoms with Crippen LogP contribution in [-0.4, -0.2) is 23.4 Å². The Balaban J connectivity index is 3.09. The van der Waals surface area contributed by atoms with Gasteiger partial charge in [-0.15, -0.1) is 0 Å². The lowest BCUT2D eigenvalue weighted by atomic mass is 10.3. The first kappa shape index (κ1) is 16.4. The van der Waals surface area contributed by atoms with Gasteiger partial charge in [-0.3, -0.25) is 0 Å². The minimum Gasteiger partial charge on any atom is -0.211 e. The first-order valence-electron chi connectivity index (χ1n) is 5.42. The molecule has 0 bridgehead atoms. The molecule has 1 aromatic rings. The standard InChI is InChI=1S/C10H13ClFNO4S2/c1-2-3-6-13-19(16,17)10-5-4-8(7-9(10)12)18(11,14)15/h4-5,7,13H,2-3,6H2,1H3. The van der Waals surface area contributed by atoms with Gasteiger partial charge >= 0.3 is 0 Å². The molecule has 9 heteroatoms. The summed E-state index contributed by atoms with van der Waals surface area (Å²) in [5.74, 6) is -1.16. The molecule has 0 spiro atoms. The summed E-state index contributed by atoms with van der Waals surface area (Å²) < 4.78 is 61.4. The molecule has 0 aliphatic carbocycles. The zero-order chi connectivity index (χ0) is 14.7. The topological polar surface area (TPSA) is 80.3 Å². The van der Waals surface area contributed by atoms with Gasteiger partial charge in [-0.25, -0.2) is 25.9 Å². The van der Waals surface area contributed by atoms with Crippen molar-refractivity contribution in [3.63, 3.8) is 0 Å². The molecular weight excluding hydrogens is 317 g/mol. The summed E-state index contributed by atoms with van der Waals surface area (Å²) in [6, 6.07) is 2.40. The highest BCUT2D eigenvalue weighted by atomic mass is 35.7. The fourth-order valence-corrected chi connectivity index (χ4v) is 3.21. The third-order valence-corrected chi connectivity index (χ3v) is 5.14. The molecule has 1 N–H and O–H groups in total. The first-order valence-corrected chi connectivity index (χ1v) is 9.21. The van der Waals surface area contributed by atoms with Gasteiger partial charge in [-0.05, 0) is 24.6 Å². The third kappa shape index (κ3) is 4.41. The second-order valence-corrected chi connectivity index (χ2v) is 8.08. The van der Waals surface area contributed by atoms with Crippen LogP contribution in [0.25, 0.3) is 0 Å². The van der Waals surface area contributed by atoms with Gasteiger partial charge in [0.2, 0.25) is 10.0 Å². The van der Waals surface area contributed by atoms with Gasteiger partial charge in [-0.2, -0.15) is 0 Å². The summed E-state index contributed by atoms with van der Waals surface area (Å²) >= 11 is 0. The van der Waals surface area contributed by atoms with Gasteiger partial charge in [0, 0.05) is 17.2 Å². The molecular formula is C10H13ClFNO4S2. The van der Waals surface area contributed by atoms with E-state index in [1.807, 2.05) is 6.92 Å². The minimum atomic E-state index is -4.09. The van der Waals surface area contributed by atoms with Crippen LogP contribution in [0.2, 0.25) is 0 Å². The third-order valence-electron chi connectivity index (χ3n) is 2.30. The van der Waals surface area contributed by atoms with Gasteiger partial charge in [0.1, 0.15) is 10.7 Å². The molecule has 0 saturated carbocycles. The lowest BCUT2D eigenvalue weighted by Crippen LogP contribution is -2.25. The van der Waals surface area contributed by atoms with E-state index in [9.17, 15) is 21.2 Å². The molecule has 0 aromatic heterocycles. The molecule has 0 saturated heterocycles. The molecule has 0 radical (unpaired) electrons. The van der Waals surface area contributed by atoms with Gasteiger partial charge in [-0.1, -0.05) is 13.3 Å². The van der Waals surface area contributed by atoms with E-state index >= 15 is 0 Å². The summed E-state index contributed by atoms with van der Waals surface area (Å²) in [4.78, 5) is -1.09. The molecule has 0 aliphatic rings. The fourth-order valence-electron chi connectivity index (χ4n) is 1.31. The molecule has 108 valence electrons. The van der Waals surface area contributed by atoms with Crippen LogP contribution in [0.3, 0.4) is 0 Å². The lowest BCUT2D eigenvalue weighted by Gasteiger charge is -2.07. The van der Waals surface area contributed by atoms with Crippen molar-refractivity contribution >= 4 is 29.8 Å². The Labute approximate surface area is 116 Å². The van der Waals surface area contributed by atoms with Crippen molar-refractivity contribution in [1.82, 2.24) is 4.72 Å². The predicted molar refractivity (Wildman–Crippen MR) is 69.5 cm³/mol. The molecule has 0 heterocycles. The van der Waals surface area contributed by atoms with Gasteiger partial charge in [0.15, 0.2) is 0 Å². The van der Waals surface area contributed by atoms with E-state index < -0.39 is 34.7 Å². The first-order chi connectivity index (χ1) is 8.68. The summed E-state index contributed by atoms with van der Waals surface area (Å²) in [7, 11) is -3.04. The number of benzene rings is 1. The van der Waals surface area contributed by atoms with E-state index in [1.165, 1.54) is 0 Å². The lowest BCUT2D eigenvalue weighted by molar-refractivity contribution is 0.552. The largest absolute Gasteiger partial charge is 0.261 e. The van der Waals surface area contributed by atoms with Crippen LogP contribution in [0.15, 0.2) is 28.0 Å². The summed E-state index contributed by atoms with van der Waals surface area (Å²) in [6.45, 7) is 2.07. The van der Waals surface area contributed by atoms with E-state index in [-0.39, 0.29) is 6.54 Å². The number of nitrogens with one attached hydrogen (secondary N) is 1. The number of hydrogen-bond donors (Lipinski definition) is 1. The van der Waals surface area contributed by atoms with E-state index in [0.29, 0.717) is 12.5 Å². The fraction of sp³-hybridized carbons (Fsp3) is 0.400. The maximum absolute atomic E-state index is 13.6. The second-order valence-electron chi connectivity index (χ2n) is 3.78. The maximum atomic E-state index is 13.6. The molecule has 0 amide bonds. The molecule has 1 aromatic carbocycles. The van der Waals surface area contributed by atoms with Gasteiger partial charge in [0.25, 0.3) is 9.05 Å². The van der Waals surface area contributed by atoms with Crippen LogP contribution >= 0.6 is 10.7 Å². The maximum Gasteiger partial charge on any atom is 0.261 e. The second kappa shape index (κ2) is 6.17. The predicted octanol–water partition coefficient (Wildman–Crippen LogP) is 1.83. The summed E-state index contributed by atoms with van der Waals surface area (Å²) in [5.41, 5.74) is 0. The highest BCUT2D eigenvalue weighted by Gasteiger charge is 2.21. The number of hydrogen-bond acceptors (Lipinski definition) is 4. The van der Waals surface area contributed by atoms with Crippen molar-refractivity contribution in [2.75, 3.05) is 6.54 Å². The van der Waals surface area contributed by atoms with E-state index in [0.717, 1.165) is 18.6 Å². The number of rotatable bonds is 6. The zero-order valence-electron chi connectivity index (χ0n) is 10.1. The van der Waals surface area contributed by atoms with E-state index in [1.54, 1.807) is 0 Å². The molecule has 19 heavy (non-hydrogen) atoms. The highest BCUT2D eigenvalue weighted by molar-refractivity contribution is 8.13. The normalized spacial score (nSPS) is 12.6. The van der Waals surface area contributed by atoms with Crippen LogP contribution in [0.4, 0.5) is 4.39 Å². The van der Waals surface area contributed by atoms with Crippen LogP contribution in [-0.2, 0) is 19.1 Å². The molecule has 1 rings (SSSR count). The Hall–Kier alpha value is -0.700. The van der Waals surface area contributed by atoms with Crippen molar-refractivity contribution < 1.29 is 21.2 Å². The molecule has 5 nitrogen and oxygen atoms in total. The zero-order valence-corrected chi connectivity index (χ0v) is 12.4. The minimum absolute atomic E-state index is 0.188. The van der Waals surface area contributed by atoms with Crippen molar-refractivity contribution in [2.45, 2.75) is 29.6 Å². The Morgan fingerprint density at radius 1 is 1.26 bits per heavy atom. The molecule has 0 atom stereocenters. The van der Waals surface area contributed by atoms with Crippen molar-refractivity contribution in [1.29, 1.82) is 0 Å². The van der Waals surface area contributed by atoms with Crippen LogP contribution < -0.4 is 4.72 Å². The van der Waals surface area contributed by atoms with Crippen molar-refractivity contribution in [3.8, 4) is 0 Å². The Morgan fingerprint density at radius 2 is 1.89 bits per heavy atom. The number of sulfonamides is 1. The van der Waals surface area contributed by atoms with Crippen LogP contribution in [0.1, 0.15) is 19.8 Å². The monoisotopic (exact) mass is 329 g/mol. The number of halogens is 2. The molecule has 0 aliphatic heterocycles. The molecule has 0 unspecified atom stereocenters. The Bertz CT molecular complexity index is 658. The summed E-state index contributed by atoms with van der Waals surface area (Å²) in [5, 5.41) is 0. The average Bonchev–Trinajstić information content (AvgIpc) is 2.27. The molecule has 0 fully saturated rings. The van der Waals surface area contributed by atoms with E-state index in [4.69, 9.17) is 10.7 Å². The smallest absolute Gasteiger partial charge is 0.211 e. The van der Waals surface area contributed by atoms with Crippen LogP contribution in [0.5, 0.6) is 0 Å². The quantitative estimate of drug-likeness (QED) is 0.638. The van der Waals surface area contributed by atoms with Gasteiger partial charge < -0.3 is 0 Å². The van der Waals surface area contributed by atoms with Crippen molar-refractivity contribution in [2.24, 2.45) is 0 Å². The van der Waals surface area contributed by atoms with Crippen molar-refractivity contribution in [3.05, 3.63) is 24.0 Å². The van der Waals surface area contributed by atoms with E-state index in [2.05, 4.69) is 4.72 Å². The Kier molecular flexibility index (Phi) is 5.31. The Morgan fingerprint density at radius 3 is 2.37 bits per heavy atom. The summed E-state index contributed by atoms with van der Waals surface area (Å²) in [6.07, 6.45) is 1.41. The van der Waals surface area contributed by atoms with Crippen LogP contribution in [0, 0.1) is 5.82 Å². The SMILES string of the molecule is CCCCNS(=O)(=O)c1ccc(S(=O)(=O)Cl)cc1F.